The highest BCUT2D eigenvalue weighted by Crippen LogP contribution is 2.38. The number of fused-ring (bicyclic) bond motifs is 1. The fourth-order valence-electron chi connectivity index (χ4n) is 5.43. The van der Waals surface area contributed by atoms with Crippen molar-refractivity contribution in [3.8, 4) is 16.9 Å². The number of nitrogens with two attached hydrogens (primary N) is 1. The summed E-state index contributed by atoms with van der Waals surface area (Å²) in [4.78, 5) is 25.3. The number of halogens is 3. The van der Waals surface area contributed by atoms with Crippen LogP contribution in [0, 0.1) is 6.92 Å². The topological polar surface area (TPSA) is 92.3 Å². The SMILES string of the molecule is Cc1ccc(NC(=O)c2ccc(N3CCN(C)CC3)c(C(F)(F)F)c2)cc1-c1ccc2ccn(-c3cc(N)ncn3)c2c1. The van der Waals surface area contributed by atoms with E-state index in [1.165, 1.54) is 18.5 Å². The lowest BCUT2D eigenvalue weighted by Crippen LogP contribution is -2.45. The maximum absolute atomic E-state index is 14.1. The molecule has 3 heterocycles. The van der Waals surface area contributed by atoms with Crippen LogP contribution in [0.25, 0.3) is 27.8 Å². The standard InChI is InChI=1S/C32H30F3N7O/c1-20-3-7-24(17-25(20)22-5-4-21-9-10-42(28(21)16-22)30-18-29(36)37-19-38-30)39-31(43)23-6-8-27(26(15-23)32(33,34)35)41-13-11-40(2)12-14-41/h3-10,15-19H,11-14H2,1-2H3,(H,39,43)(H2,36,37,38). The molecule has 8 nitrogen and oxygen atoms in total. The summed E-state index contributed by atoms with van der Waals surface area (Å²) in [6, 6.07) is 18.9. The van der Waals surface area contributed by atoms with Crippen molar-refractivity contribution in [1.29, 1.82) is 0 Å². The average molecular weight is 586 g/mol. The molecule has 1 aliphatic rings. The van der Waals surface area contributed by atoms with E-state index >= 15 is 0 Å². The van der Waals surface area contributed by atoms with Gasteiger partial charge in [-0.05, 0) is 73.1 Å². The van der Waals surface area contributed by atoms with Gasteiger partial charge in [-0.15, -0.1) is 0 Å². The van der Waals surface area contributed by atoms with Gasteiger partial charge >= 0.3 is 6.18 Å². The first-order chi connectivity index (χ1) is 20.6. The Hall–Kier alpha value is -4.90. The van der Waals surface area contributed by atoms with Crippen molar-refractivity contribution in [1.82, 2.24) is 19.4 Å². The highest BCUT2D eigenvalue weighted by atomic mass is 19.4. The molecule has 1 fully saturated rings. The van der Waals surface area contributed by atoms with Crippen LogP contribution in [-0.4, -0.2) is 58.6 Å². The summed E-state index contributed by atoms with van der Waals surface area (Å²) in [5.41, 5.74) is 9.22. The van der Waals surface area contributed by atoms with Crippen molar-refractivity contribution in [3.63, 3.8) is 0 Å². The Morgan fingerprint density at radius 1 is 0.930 bits per heavy atom. The number of hydrogen-bond donors (Lipinski definition) is 2. The van der Waals surface area contributed by atoms with Gasteiger partial charge in [-0.25, -0.2) is 9.97 Å². The first-order valence-electron chi connectivity index (χ1n) is 13.8. The van der Waals surface area contributed by atoms with Gasteiger partial charge in [0.05, 0.1) is 11.1 Å². The van der Waals surface area contributed by atoms with Gasteiger partial charge < -0.3 is 25.4 Å². The lowest BCUT2D eigenvalue weighted by molar-refractivity contribution is -0.137. The van der Waals surface area contributed by atoms with E-state index in [-0.39, 0.29) is 11.3 Å². The lowest BCUT2D eigenvalue weighted by atomic mass is 9.98. The number of nitrogens with zero attached hydrogens (tertiary/aromatic N) is 5. The van der Waals surface area contributed by atoms with E-state index in [1.807, 2.05) is 61.1 Å². The van der Waals surface area contributed by atoms with Gasteiger partial charge in [0.1, 0.15) is 18.0 Å². The number of amides is 1. The molecule has 0 radical (unpaired) electrons. The molecule has 0 saturated carbocycles. The van der Waals surface area contributed by atoms with E-state index in [4.69, 9.17) is 5.73 Å². The Labute approximate surface area is 246 Å². The normalized spacial score (nSPS) is 14.3. The Morgan fingerprint density at radius 2 is 1.72 bits per heavy atom. The van der Waals surface area contributed by atoms with Gasteiger partial charge in [0.15, 0.2) is 0 Å². The molecule has 1 saturated heterocycles. The third kappa shape index (κ3) is 5.76. The zero-order valence-corrected chi connectivity index (χ0v) is 23.7. The van der Waals surface area contributed by atoms with Crippen LogP contribution in [-0.2, 0) is 6.18 Å². The van der Waals surface area contributed by atoms with Crippen molar-refractivity contribution in [2.24, 2.45) is 0 Å². The Balaban J connectivity index is 1.29. The summed E-state index contributed by atoms with van der Waals surface area (Å²) >= 11 is 0. The summed E-state index contributed by atoms with van der Waals surface area (Å²) in [6.45, 7) is 4.27. The monoisotopic (exact) mass is 585 g/mol. The van der Waals surface area contributed by atoms with Gasteiger partial charge in [0.2, 0.25) is 0 Å². The van der Waals surface area contributed by atoms with E-state index in [9.17, 15) is 18.0 Å². The van der Waals surface area contributed by atoms with Crippen molar-refractivity contribution >= 4 is 34.0 Å². The molecule has 6 rings (SSSR count). The van der Waals surface area contributed by atoms with Crippen LogP contribution in [0.1, 0.15) is 21.5 Å². The van der Waals surface area contributed by atoms with Gasteiger partial charge in [0, 0.05) is 60.8 Å². The summed E-state index contributed by atoms with van der Waals surface area (Å²) in [5.74, 6) is 0.378. The average Bonchev–Trinajstić information content (AvgIpc) is 3.41. The largest absolute Gasteiger partial charge is 0.418 e. The van der Waals surface area contributed by atoms with E-state index in [0.29, 0.717) is 43.5 Å². The molecule has 11 heteroatoms. The zero-order valence-electron chi connectivity index (χ0n) is 23.7. The van der Waals surface area contributed by atoms with Crippen LogP contribution in [0.2, 0.25) is 0 Å². The molecule has 0 spiro atoms. The van der Waals surface area contributed by atoms with Crippen LogP contribution >= 0.6 is 0 Å². The van der Waals surface area contributed by atoms with Crippen LogP contribution in [0.5, 0.6) is 0 Å². The Kier molecular flexibility index (Phi) is 7.26. The number of carbonyl (C=O) groups excluding carboxylic acids is 1. The van der Waals surface area contributed by atoms with Crippen molar-refractivity contribution in [3.05, 3.63) is 95.9 Å². The second-order valence-electron chi connectivity index (χ2n) is 10.8. The molecule has 0 atom stereocenters. The fourth-order valence-corrected chi connectivity index (χ4v) is 5.43. The van der Waals surface area contributed by atoms with Gasteiger partial charge in [0.25, 0.3) is 5.91 Å². The number of benzene rings is 3. The quantitative estimate of drug-likeness (QED) is 0.263. The number of anilines is 3. The summed E-state index contributed by atoms with van der Waals surface area (Å²) in [7, 11) is 1.94. The van der Waals surface area contributed by atoms with Gasteiger partial charge in [-0.3, -0.25) is 4.79 Å². The first-order valence-corrected chi connectivity index (χ1v) is 13.8. The molecule has 0 aliphatic carbocycles. The van der Waals surface area contributed by atoms with Crippen LogP contribution in [0.15, 0.2) is 79.3 Å². The molecule has 5 aromatic rings. The number of aromatic nitrogens is 3. The number of rotatable bonds is 5. The molecule has 1 aliphatic heterocycles. The summed E-state index contributed by atoms with van der Waals surface area (Å²) in [5, 5.41) is 3.80. The minimum Gasteiger partial charge on any atom is -0.384 e. The molecular weight excluding hydrogens is 555 g/mol. The van der Waals surface area contributed by atoms with Gasteiger partial charge in [-0.1, -0.05) is 18.2 Å². The third-order valence-electron chi connectivity index (χ3n) is 7.83. The predicted molar refractivity (Wildman–Crippen MR) is 163 cm³/mol. The zero-order chi connectivity index (χ0) is 30.3. The molecule has 220 valence electrons. The first kappa shape index (κ1) is 28.2. The van der Waals surface area contributed by atoms with Crippen LogP contribution in [0.3, 0.4) is 0 Å². The van der Waals surface area contributed by atoms with E-state index in [2.05, 4.69) is 20.2 Å². The third-order valence-corrected chi connectivity index (χ3v) is 7.83. The number of aryl methyl sites for hydroxylation is 1. The number of nitrogens with one attached hydrogen (secondary N) is 1. The number of piperazine rings is 1. The van der Waals surface area contributed by atoms with Gasteiger partial charge in [-0.2, -0.15) is 13.2 Å². The highest BCUT2D eigenvalue weighted by molar-refractivity contribution is 6.05. The van der Waals surface area contributed by atoms with Crippen molar-refractivity contribution in [2.45, 2.75) is 13.1 Å². The Bertz CT molecular complexity index is 1820. The molecule has 3 N–H and O–H groups in total. The molecule has 0 unspecified atom stereocenters. The predicted octanol–water partition coefficient (Wildman–Crippen LogP) is 6.00. The number of hydrogen-bond acceptors (Lipinski definition) is 6. The Morgan fingerprint density at radius 3 is 2.47 bits per heavy atom. The smallest absolute Gasteiger partial charge is 0.384 e. The fraction of sp³-hybridized carbons (Fsp3) is 0.219. The lowest BCUT2D eigenvalue weighted by Gasteiger charge is -2.35. The summed E-state index contributed by atoms with van der Waals surface area (Å²) in [6.07, 6.45) is -1.28. The minimum atomic E-state index is -4.60. The maximum Gasteiger partial charge on any atom is 0.418 e. The minimum absolute atomic E-state index is 0.0595. The van der Waals surface area contributed by atoms with Crippen LogP contribution in [0.4, 0.5) is 30.4 Å². The second kappa shape index (κ2) is 11.1. The van der Waals surface area contributed by atoms with Crippen molar-refractivity contribution < 1.29 is 18.0 Å². The second-order valence-corrected chi connectivity index (χ2v) is 10.8. The van der Waals surface area contributed by atoms with Crippen LogP contribution < -0.4 is 16.0 Å². The number of carbonyl (C=O) groups is 1. The number of alkyl halides is 3. The maximum atomic E-state index is 14.1. The summed E-state index contributed by atoms with van der Waals surface area (Å²) < 4.78 is 44.2. The molecule has 0 bridgehead atoms. The van der Waals surface area contributed by atoms with Crippen molar-refractivity contribution in [2.75, 3.05) is 49.2 Å². The molecule has 3 aromatic carbocycles. The molecule has 43 heavy (non-hydrogen) atoms. The molecule has 2 aromatic heterocycles. The molecular formula is C32H30F3N7O. The van der Waals surface area contributed by atoms with E-state index in [1.54, 1.807) is 17.0 Å². The van der Waals surface area contributed by atoms with E-state index in [0.717, 1.165) is 33.7 Å². The molecule has 1 amide bonds. The highest BCUT2D eigenvalue weighted by Gasteiger charge is 2.36. The number of nitrogen functional groups attached to an aromatic ring is 1. The van der Waals surface area contributed by atoms with E-state index < -0.39 is 17.6 Å². The number of likely N-dealkylation sites (N-methyl/N-ethyl adjacent to an activating group) is 1.